The molecule has 1 radical (unpaired) electrons. The third kappa shape index (κ3) is 2.44. The lowest BCUT2D eigenvalue weighted by Gasteiger charge is -2.23. The van der Waals surface area contributed by atoms with Crippen molar-refractivity contribution in [1.82, 2.24) is 0 Å². The fourth-order valence-corrected chi connectivity index (χ4v) is 1.13. The van der Waals surface area contributed by atoms with Crippen LogP contribution in [0.5, 0.6) is 5.75 Å². The average Bonchev–Trinajstić information content (AvgIpc) is 2.21. The standard InChI is InChI=1S/C10H11O3/c1-2-4-9(5-3-1)13-10-8-11-6-7-12-10/h1-4,10H,6-8H2. The van der Waals surface area contributed by atoms with E-state index in [1.807, 2.05) is 18.2 Å². The molecule has 0 spiro atoms. The zero-order valence-electron chi connectivity index (χ0n) is 7.23. The molecule has 13 heavy (non-hydrogen) atoms. The maximum atomic E-state index is 5.45. The van der Waals surface area contributed by atoms with E-state index in [1.54, 1.807) is 6.07 Å². The maximum Gasteiger partial charge on any atom is 0.223 e. The zero-order valence-corrected chi connectivity index (χ0v) is 7.23. The Kier molecular flexibility index (Phi) is 2.79. The first-order valence-corrected chi connectivity index (χ1v) is 4.28. The van der Waals surface area contributed by atoms with Gasteiger partial charge in [0.25, 0.3) is 0 Å². The molecule has 1 heterocycles. The van der Waals surface area contributed by atoms with Crippen LogP contribution in [0.4, 0.5) is 0 Å². The van der Waals surface area contributed by atoms with Crippen LogP contribution in [0.15, 0.2) is 24.3 Å². The largest absolute Gasteiger partial charge is 0.462 e. The van der Waals surface area contributed by atoms with Crippen LogP contribution in [0, 0.1) is 6.07 Å². The molecule has 1 aromatic carbocycles. The molecule has 0 bridgehead atoms. The molecule has 0 aliphatic carbocycles. The summed E-state index contributed by atoms with van der Waals surface area (Å²) in [5, 5.41) is 0. The Morgan fingerprint density at radius 1 is 1.38 bits per heavy atom. The van der Waals surface area contributed by atoms with Crippen LogP contribution in [-0.4, -0.2) is 26.1 Å². The fourth-order valence-electron chi connectivity index (χ4n) is 1.13. The Morgan fingerprint density at radius 3 is 3.08 bits per heavy atom. The lowest BCUT2D eigenvalue weighted by atomic mass is 10.3. The van der Waals surface area contributed by atoms with E-state index in [-0.39, 0.29) is 6.29 Å². The van der Waals surface area contributed by atoms with Gasteiger partial charge in [-0.25, -0.2) is 0 Å². The monoisotopic (exact) mass is 179 g/mol. The van der Waals surface area contributed by atoms with E-state index in [0.29, 0.717) is 25.6 Å². The van der Waals surface area contributed by atoms with Gasteiger partial charge in [0, 0.05) is 6.07 Å². The van der Waals surface area contributed by atoms with Gasteiger partial charge in [0.05, 0.1) is 13.2 Å². The quantitative estimate of drug-likeness (QED) is 0.683. The van der Waals surface area contributed by atoms with Crippen LogP contribution in [0.2, 0.25) is 0 Å². The topological polar surface area (TPSA) is 27.7 Å². The van der Waals surface area contributed by atoms with Gasteiger partial charge < -0.3 is 14.2 Å². The van der Waals surface area contributed by atoms with Gasteiger partial charge >= 0.3 is 0 Å². The third-order valence-corrected chi connectivity index (χ3v) is 1.72. The average molecular weight is 179 g/mol. The normalized spacial score (nSPS) is 22.6. The van der Waals surface area contributed by atoms with Gasteiger partial charge in [-0.1, -0.05) is 18.2 Å². The van der Waals surface area contributed by atoms with Crippen molar-refractivity contribution in [1.29, 1.82) is 0 Å². The summed E-state index contributed by atoms with van der Waals surface area (Å²) < 4.78 is 16.0. The van der Waals surface area contributed by atoms with Crippen molar-refractivity contribution >= 4 is 0 Å². The highest BCUT2D eigenvalue weighted by molar-refractivity contribution is 5.19. The minimum Gasteiger partial charge on any atom is -0.462 e. The van der Waals surface area contributed by atoms with E-state index < -0.39 is 0 Å². The van der Waals surface area contributed by atoms with Gasteiger partial charge in [-0.05, 0) is 6.07 Å². The summed E-state index contributed by atoms with van der Waals surface area (Å²) >= 11 is 0. The summed E-state index contributed by atoms with van der Waals surface area (Å²) in [6.07, 6.45) is -0.285. The van der Waals surface area contributed by atoms with Gasteiger partial charge in [-0.15, -0.1) is 0 Å². The van der Waals surface area contributed by atoms with Crippen LogP contribution in [0.1, 0.15) is 0 Å². The Balaban J connectivity index is 1.90. The van der Waals surface area contributed by atoms with Crippen molar-refractivity contribution in [2.45, 2.75) is 6.29 Å². The first-order chi connectivity index (χ1) is 6.45. The van der Waals surface area contributed by atoms with Crippen LogP contribution in [0.3, 0.4) is 0 Å². The van der Waals surface area contributed by atoms with Crippen molar-refractivity contribution in [2.75, 3.05) is 19.8 Å². The van der Waals surface area contributed by atoms with E-state index in [2.05, 4.69) is 6.07 Å². The molecule has 0 N–H and O–H groups in total. The second kappa shape index (κ2) is 4.25. The Labute approximate surface area is 77.2 Å². The van der Waals surface area contributed by atoms with Gasteiger partial charge in [0.1, 0.15) is 12.4 Å². The molecule has 0 amide bonds. The smallest absolute Gasteiger partial charge is 0.223 e. The first-order valence-electron chi connectivity index (χ1n) is 4.28. The van der Waals surface area contributed by atoms with Crippen molar-refractivity contribution in [3.8, 4) is 5.75 Å². The molecule has 3 heteroatoms. The highest BCUT2D eigenvalue weighted by atomic mass is 16.7. The minimum absolute atomic E-state index is 0.285. The molecule has 1 aromatic rings. The molecular weight excluding hydrogens is 168 g/mol. The zero-order chi connectivity index (χ0) is 8.93. The molecule has 1 aliphatic rings. The van der Waals surface area contributed by atoms with Crippen LogP contribution in [-0.2, 0) is 9.47 Å². The number of ether oxygens (including phenoxy) is 3. The predicted molar refractivity (Wildman–Crippen MR) is 46.5 cm³/mol. The lowest BCUT2D eigenvalue weighted by Crippen LogP contribution is -2.33. The Bertz CT molecular complexity index is 242. The van der Waals surface area contributed by atoms with E-state index in [1.165, 1.54) is 0 Å². The predicted octanol–water partition coefficient (Wildman–Crippen LogP) is 1.24. The molecule has 2 rings (SSSR count). The summed E-state index contributed by atoms with van der Waals surface area (Å²) in [5.41, 5.74) is 0. The first kappa shape index (κ1) is 8.53. The van der Waals surface area contributed by atoms with E-state index in [4.69, 9.17) is 14.2 Å². The third-order valence-electron chi connectivity index (χ3n) is 1.72. The maximum absolute atomic E-state index is 5.45. The lowest BCUT2D eigenvalue weighted by molar-refractivity contribution is -0.170. The SMILES string of the molecule is [c]1ccccc1OC1COCCO1. The van der Waals surface area contributed by atoms with Crippen LogP contribution >= 0.6 is 0 Å². The molecule has 1 atom stereocenters. The highest BCUT2D eigenvalue weighted by Gasteiger charge is 2.15. The number of para-hydroxylation sites is 1. The summed E-state index contributed by atoms with van der Waals surface area (Å²) in [5.74, 6) is 0.693. The molecule has 0 aromatic heterocycles. The van der Waals surface area contributed by atoms with Gasteiger partial charge in [-0.2, -0.15) is 0 Å². The summed E-state index contributed by atoms with van der Waals surface area (Å²) in [4.78, 5) is 0. The molecule has 0 saturated carbocycles. The molecular formula is C10H11O3. The summed E-state index contributed by atoms with van der Waals surface area (Å²) in [6.45, 7) is 1.73. The minimum atomic E-state index is -0.285. The van der Waals surface area contributed by atoms with E-state index in [0.717, 1.165) is 0 Å². The second-order valence-corrected chi connectivity index (χ2v) is 2.72. The number of hydrogen-bond donors (Lipinski definition) is 0. The van der Waals surface area contributed by atoms with E-state index in [9.17, 15) is 0 Å². The fraction of sp³-hybridized carbons (Fsp3) is 0.400. The van der Waals surface area contributed by atoms with Crippen molar-refractivity contribution in [2.24, 2.45) is 0 Å². The molecule has 1 unspecified atom stereocenters. The second-order valence-electron chi connectivity index (χ2n) is 2.72. The van der Waals surface area contributed by atoms with Crippen molar-refractivity contribution in [3.63, 3.8) is 0 Å². The molecule has 1 fully saturated rings. The van der Waals surface area contributed by atoms with Crippen molar-refractivity contribution < 1.29 is 14.2 Å². The Morgan fingerprint density at radius 2 is 2.38 bits per heavy atom. The summed E-state index contributed by atoms with van der Waals surface area (Å²) in [6, 6.07) is 10.4. The van der Waals surface area contributed by atoms with Crippen LogP contribution < -0.4 is 4.74 Å². The number of rotatable bonds is 2. The molecule has 1 saturated heterocycles. The molecule has 1 aliphatic heterocycles. The van der Waals surface area contributed by atoms with E-state index >= 15 is 0 Å². The van der Waals surface area contributed by atoms with Crippen molar-refractivity contribution in [3.05, 3.63) is 30.3 Å². The molecule has 3 nitrogen and oxygen atoms in total. The summed E-state index contributed by atoms with van der Waals surface area (Å²) in [7, 11) is 0. The number of hydrogen-bond acceptors (Lipinski definition) is 3. The van der Waals surface area contributed by atoms with Crippen LogP contribution in [0.25, 0.3) is 0 Å². The van der Waals surface area contributed by atoms with Gasteiger partial charge in [-0.3, -0.25) is 0 Å². The van der Waals surface area contributed by atoms with Gasteiger partial charge in [0.2, 0.25) is 6.29 Å². The van der Waals surface area contributed by atoms with Gasteiger partial charge in [0.15, 0.2) is 0 Å². The highest BCUT2D eigenvalue weighted by Crippen LogP contribution is 2.12. The Hall–Kier alpha value is -1.06. The molecule has 69 valence electrons. The number of benzene rings is 1.